The summed E-state index contributed by atoms with van der Waals surface area (Å²) in [5, 5.41) is 0. The minimum atomic E-state index is -3.58. The molecule has 1 atom stereocenters. The minimum Gasteiger partial charge on any atom is -0.377 e. The molecule has 0 aromatic rings. The van der Waals surface area contributed by atoms with Crippen LogP contribution in [-0.2, 0) is 14.0 Å². The fourth-order valence-corrected chi connectivity index (χ4v) is 2.64. The molecule has 1 fully saturated rings. The lowest BCUT2D eigenvalue weighted by atomic mass is 9.96. The van der Waals surface area contributed by atoms with Crippen molar-refractivity contribution in [2.45, 2.75) is 25.4 Å². The first-order valence-electron chi connectivity index (χ1n) is 4.12. The molecule has 1 unspecified atom stereocenters. The minimum absolute atomic E-state index is 0.343. The fourth-order valence-electron chi connectivity index (χ4n) is 1.51. The van der Waals surface area contributed by atoms with Crippen LogP contribution in [0.5, 0.6) is 0 Å². The fraction of sp³-hybridized carbons (Fsp3) is 1.00. The Morgan fingerprint density at radius 2 is 2.15 bits per heavy atom. The summed E-state index contributed by atoms with van der Waals surface area (Å²) in [5.41, 5.74) is -0.389. The number of hydrogen-bond acceptors (Lipinski definition) is 3. The van der Waals surface area contributed by atoms with E-state index in [1.54, 1.807) is 7.11 Å². The Morgan fingerprint density at radius 1 is 1.54 bits per heavy atom. The Morgan fingerprint density at radius 3 is 2.62 bits per heavy atom. The first-order valence-corrected chi connectivity index (χ1v) is 6.39. The van der Waals surface area contributed by atoms with Crippen LogP contribution >= 0.6 is 10.7 Å². The topological polar surface area (TPSA) is 46.6 Å². The molecule has 0 N–H and O–H groups in total. The van der Waals surface area contributed by atoms with Crippen molar-refractivity contribution in [1.29, 1.82) is 0 Å². The molecule has 78 valence electrons. The standard InChI is InChI=1S/C7H14ClNO3S/c1-7(12-2)4-3-5-9(6-7)13(8,10)11/h3-6H2,1-2H3. The molecule has 6 heteroatoms. The third-order valence-corrected chi connectivity index (χ3v) is 3.94. The Kier molecular flexibility index (Phi) is 3.22. The molecule has 1 heterocycles. The summed E-state index contributed by atoms with van der Waals surface area (Å²) >= 11 is 0. The van der Waals surface area contributed by atoms with Crippen molar-refractivity contribution in [3.05, 3.63) is 0 Å². The maximum absolute atomic E-state index is 11.0. The third kappa shape index (κ3) is 2.80. The van der Waals surface area contributed by atoms with E-state index in [1.807, 2.05) is 6.92 Å². The number of nitrogens with zero attached hydrogens (tertiary/aromatic N) is 1. The third-order valence-electron chi connectivity index (χ3n) is 2.43. The van der Waals surface area contributed by atoms with Gasteiger partial charge in [0.05, 0.1) is 5.60 Å². The molecule has 0 aromatic heterocycles. The molecule has 0 amide bonds. The molecule has 0 bridgehead atoms. The van der Waals surface area contributed by atoms with Crippen LogP contribution in [0.3, 0.4) is 0 Å². The number of hydrogen-bond donors (Lipinski definition) is 0. The normalized spacial score (nSPS) is 31.9. The van der Waals surface area contributed by atoms with E-state index >= 15 is 0 Å². The molecule has 0 aromatic carbocycles. The zero-order valence-electron chi connectivity index (χ0n) is 7.79. The maximum Gasteiger partial charge on any atom is 0.299 e. The van der Waals surface area contributed by atoms with Gasteiger partial charge in [0.15, 0.2) is 0 Å². The van der Waals surface area contributed by atoms with Gasteiger partial charge in [0.25, 0.3) is 9.24 Å². The van der Waals surface area contributed by atoms with Crippen LogP contribution < -0.4 is 0 Å². The Bertz CT molecular complexity index is 279. The monoisotopic (exact) mass is 227 g/mol. The highest BCUT2D eigenvalue weighted by molar-refractivity contribution is 8.11. The van der Waals surface area contributed by atoms with Gasteiger partial charge in [0.2, 0.25) is 0 Å². The average Bonchev–Trinajstić information content (AvgIpc) is 2.03. The van der Waals surface area contributed by atoms with Gasteiger partial charge in [-0.3, -0.25) is 0 Å². The first-order chi connectivity index (χ1) is 5.87. The van der Waals surface area contributed by atoms with Gasteiger partial charge in [-0.15, -0.1) is 0 Å². The molecular weight excluding hydrogens is 214 g/mol. The van der Waals surface area contributed by atoms with Crippen molar-refractivity contribution in [2.24, 2.45) is 0 Å². The largest absolute Gasteiger partial charge is 0.377 e. The van der Waals surface area contributed by atoms with Crippen molar-refractivity contribution < 1.29 is 13.2 Å². The van der Waals surface area contributed by atoms with Crippen LogP contribution in [0.25, 0.3) is 0 Å². The second kappa shape index (κ2) is 3.73. The lowest BCUT2D eigenvalue weighted by Gasteiger charge is -2.37. The number of halogens is 1. The van der Waals surface area contributed by atoms with E-state index in [2.05, 4.69) is 0 Å². The van der Waals surface area contributed by atoms with Crippen molar-refractivity contribution in [3.63, 3.8) is 0 Å². The second-order valence-corrected chi connectivity index (χ2v) is 6.04. The summed E-state index contributed by atoms with van der Waals surface area (Å²) in [5.74, 6) is 0. The highest BCUT2D eigenvalue weighted by Gasteiger charge is 2.35. The van der Waals surface area contributed by atoms with E-state index in [0.717, 1.165) is 12.8 Å². The highest BCUT2D eigenvalue weighted by Crippen LogP contribution is 2.26. The summed E-state index contributed by atoms with van der Waals surface area (Å²) in [6.07, 6.45) is 1.66. The molecule has 1 saturated heterocycles. The average molecular weight is 228 g/mol. The van der Waals surface area contributed by atoms with Gasteiger partial charge in [-0.05, 0) is 19.8 Å². The van der Waals surface area contributed by atoms with Crippen LogP contribution in [-0.4, -0.2) is 38.5 Å². The molecule has 0 aliphatic carbocycles. The molecule has 0 saturated carbocycles. The maximum atomic E-state index is 11.0. The van der Waals surface area contributed by atoms with E-state index in [-0.39, 0.29) is 5.60 Å². The molecule has 1 aliphatic rings. The smallest absolute Gasteiger partial charge is 0.299 e. The second-order valence-electron chi connectivity index (χ2n) is 3.53. The van der Waals surface area contributed by atoms with E-state index < -0.39 is 9.24 Å². The lowest BCUT2D eigenvalue weighted by molar-refractivity contribution is -0.0314. The van der Waals surface area contributed by atoms with E-state index in [9.17, 15) is 8.42 Å². The van der Waals surface area contributed by atoms with Gasteiger partial charge in [-0.2, -0.15) is 12.7 Å². The zero-order valence-corrected chi connectivity index (χ0v) is 9.36. The van der Waals surface area contributed by atoms with Crippen LogP contribution in [0.1, 0.15) is 19.8 Å². The predicted molar refractivity (Wildman–Crippen MR) is 51.0 cm³/mol. The van der Waals surface area contributed by atoms with Crippen LogP contribution in [0, 0.1) is 0 Å². The predicted octanol–water partition coefficient (Wildman–Crippen LogP) is 0.971. The lowest BCUT2D eigenvalue weighted by Crippen LogP contribution is -2.48. The van der Waals surface area contributed by atoms with Crippen molar-refractivity contribution in [3.8, 4) is 0 Å². The molecular formula is C7H14ClNO3S. The van der Waals surface area contributed by atoms with Crippen molar-refractivity contribution in [2.75, 3.05) is 20.2 Å². The zero-order chi connectivity index (χ0) is 10.1. The summed E-state index contributed by atoms with van der Waals surface area (Å²) in [4.78, 5) is 0. The summed E-state index contributed by atoms with van der Waals surface area (Å²) in [7, 11) is 3.25. The highest BCUT2D eigenvalue weighted by atomic mass is 35.7. The van der Waals surface area contributed by atoms with Gasteiger partial charge in [0, 0.05) is 30.9 Å². The Balaban J connectivity index is 2.73. The van der Waals surface area contributed by atoms with Crippen molar-refractivity contribution >= 4 is 19.9 Å². The molecule has 0 spiro atoms. The summed E-state index contributed by atoms with van der Waals surface area (Å²) < 4.78 is 28.5. The van der Waals surface area contributed by atoms with Gasteiger partial charge < -0.3 is 4.74 Å². The van der Waals surface area contributed by atoms with Gasteiger partial charge in [-0.25, -0.2) is 0 Å². The summed E-state index contributed by atoms with van der Waals surface area (Å²) in [6, 6.07) is 0. The number of rotatable bonds is 2. The molecule has 4 nitrogen and oxygen atoms in total. The SMILES string of the molecule is COC1(C)CCCN(S(=O)(=O)Cl)C1. The molecule has 1 rings (SSSR count). The Hall–Kier alpha value is 0.160. The van der Waals surface area contributed by atoms with Gasteiger partial charge in [-0.1, -0.05) is 0 Å². The number of methoxy groups -OCH3 is 1. The van der Waals surface area contributed by atoms with E-state index in [0.29, 0.717) is 13.1 Å². The number of piperidine rings is 1. The molecule has 13 heavy (non-hydrogen) atoms. The molecule has 0 radical (unpaired) electrons. The number of ether oxygens (including phenoxy) is 1. The van der Waals surface area contributed by atoms with Crippen LogP contribution in [0.2, 0.25) is 0 Å². The van der Waals surface area contributed by atoms with Gasteiger partial charge >= 0.3 is 0 Å². The van der Waals surface area contributed by atoms with E-state index in [1.165, 1.54) is 4.31 Å². The first kappa shape index (κ1) is 11.2. The van der Waals surface area contributed by atoms with E-state index in [4.69, 9.17) is 15.4 Å². The van der Waals surface area contributed by atoms with Crippen LogP contribution in [0.15, 0.2) is 0 Å². The van der Waals surface area contributed by atoms with Crippen LogP contribution in [0.4, 0.5) is 0 Å². The quantitative estimate of drug-likeness (QED) is 0.661. The summed E-state index contributed by atoms with van der Waals surface area (Å²) in [6.45, 7) is 2.72. The van der Waals surface area contributed by atoms with Gasteiger partial charge in [0.1, 0.15) is 0 Å². The Labute approximate surface area is 83.4 Å². The van der Waals surface area contributed by atoms with Crippen molar-refractivity contribution in [1.82, 2.24) is 4.31 Å². The molecule has 1 aliphatic heterocycles.